The molecule has 0 bridgehead atoms. The number of hydrogen-bond donors (Lipinski definition) is 4. The number of rotatable bonds is 15. The molecule has 1 heterocycles. The molecule has 5 atom stereocenters. The zero-order chi connectivity index (χ0) is 32.6. The maximum absolute atomic E-state index is 14.0. The molecule has 0 spiro atoms. The van der Waals surface area contributed by atoms with Crippen LogP contribution in [0.1, 0.15) is 46.6 Å². The van der Waals surface area contributed by atoms with Gasteiger partial charge in [-0.25, -0.2) is 13.4 Å². The molecule has 3 rings (SSSR count). The molecule has 1 unspecified atom stereocenters. The van der Waals surface area contributed by atoms with Gasteiger partial charge in [0.2, 0.25) is 16.8 Å². The first-order valence-corrected chi connectivity index (χ1v) is 16.4. The van der Waals surface area contributed by atoms with Gasteiger partial charge < -0.3 is 25.6 Å². The molecule has 12 nitrogen and oxygen atoms in total. The van der Waals surface area contributed by atoms with Crippen LogP contribution in [0, 0.1) is 11.8 Å². The number of aliphatic hydroxyl groups excluding tert-OH is 1. The number of nitrogens with two attached hydrogens (primary N) is 1. The number of aliphatic hydroxyl groups is 1. The van der Waals surface area contributed by atoms with E-state index >= 15 is 0 Å². The lowest BCUT2D eigenvalue weighted by Gasteiger charge is -2.39. The maximum Gasteiger partial charge on any atom is 0.258 e. The van der Waals surface area contributed by atoms with Gasteiger partial charge in [-0.2, -0.15) is 4.31 Å². The van der Waals surface area contributed by atoms with Gasteiger partial charge in [0.15, 0.2) is 11.5 Å². The lowest BCUT2D eigenvalue weighted by atomic mass is 9.96. The summed E-state index contributed by atoms with van der Waals surface area (Å²) in [4.78, 5) is 27.0. The van der Waals surface area contributed by atoms with Crippen LogP contribution in [0.25, 0.3) is 0 Å². The van der Waals surface area contributed by atoms with Crippen molar-refractivity contribution < 1.29 is 32.6 Å². The van der Waals surface area contributed by atoms with E-state index in [-0.39, 0.29) is 43.0 Å². The third-order valence-corrected chi connectivity index (χ3v) is 9.67. The summed E-state index contributed by atoms with van der Waals surface area (Å²) in [5, 5.41) is 15.8. The second-order valence-electron chi connectivity index (χ2n) is 11.7. The van der Waals surface area contributed by atoms with E-state index in [1.165, 1.54) is 22.5 Å². The van der Waals surface area contributed by atoms with Crippen molar-refractivity contribution in [2.75, 3.05) is 26.9 Å². The number of hydrogen-bond acceptors (Lipinski definition) is 9. The quantitative estimate of drug-likeness (QED) is 0.215. The monoisotopic (exact) mass is 633 g/mol. The first-order valence-electron chi connectivity index (χ1n) is 15.0. The van der Waals surface area contributed by atoms with Crippen LogP contribution in [-0.4, -0.2) is 85.8 Å². The van der Waals surface area contributed by atoms with E-state index in [4.69, 9.17) is 15.2 Å². The van der Waals surface area contributed by atoms with E-state index in [1.54, 1.807) is 14.0 Å². The Balaban J connectivity index is 2.05. The highest BCUT2D eigenvalue weighted by atomic mass is 32.2. The van der Waals surface area contributed by atoms with E-state index in [0.717, 1.165) is 10.6 Å². The van der Waals surface area contributed by atoms with Crippen LogP contribution in [0.15, 0.2) is 53.4 Å². The molecule has 0 fully saturated rings. The Labute approximate surface area is 260 Å². The minimum Gasteiger partial charge on any atom is -0.454 e. The number of carbonyl (C=O) groups excluding carboxylic acids is 2. The molecule has 44 heavy (non-hydrogen) atoms. The molecule has 0 radical (unpaired) electrons. The van der Waals surface area contributed by atoms with Crippen LogP contribution in [0.3, 0.4) is 0 Å². The van der Waals surface area contributed by atoms with Gasteiger partial charge in [-0.1, -0.05) is 64.4 Å². The van der Waals surface area contributed by atoms with Gasteiger partial charge in [0.05, 0.1) is 29.1 Å². The molecule has 2 aromatic rings. The van der Waals surface area contributed by atoms with Gasteiger partial charge in [-0.3, -0.25) is 15.0 Å². The van der Waals surface area contributed by atoms with Crippen molar-refractivity contribution in [3.05, 3.63) is 54.1 Å². The number of ether oxygens (including phenoxy) is 2. The Hall–Kier alpha value is -3.23. The summed E-state index contributed by atoms with van der Waals surface area (Å²) in [5.74, 6) is -0.635. The fourth-order valence-corrected chi connectivity index (χ4v) is 6.39. The summed E-state index contributed by atoms with van der Waals surface area (Å²) in [6.07, 6.45) is -0.686. The molecule has 0 saturated heterocycles. The number of sulfonamides is 1. The zero-order valence-electron chi connectivity index (χ0n) is 26.4. The first kappa shape index (κ1) is 35.3. The minimum absolute atomic E-state index is 0.00500. The molecule has 5 N–H and O–H groups in total. The highest BCUT2D eigenvalue weighted by Crippen LogP contribution is 2.35. The Kier molecular flexibility index (Phi) is 12.6. The zero-order valence-corrected chi connectivity index (χ0v) is 27.2. The van der Waals surface area contributed by atoms with Crippen LogP contribution in [-0.2, 0) is 26.0 Å². The predicted octanol–water partition coefficient (Wildman–Crippen LogP) is 1.88. The van der Waals surface area contributed by atoms with Gasteiger partial charge in [0, 0.05) is 19.2 Å². The van der Waals surface area contributed by atoms with Crippen molar-refractivity contribution in [3.8, 4) is 11.5 Å². The largest absolute Gasteiger partial charge is 0.454 e. The number of amides is 2. The molecule has 0 saturated carbocycles. The fourth-order valence-electron chi connectivity index (χ4n) is 4.76. The molecule has 0 aromatic heterocycles. The average molecular weight is 634 g/mol. The lowest BCUT2D eigenvalue weighted by molar-refractivity contribution is -0.150. The number of fused-ring (bicyclic) bond motifs is 1. The second-order valence-corrected chi connectivity index (χ2v) is 13.6. The van der Waals surface area contributed by atoms with Gasteiger partial charge in [0.1, 0.15) is 0 Å². The van der Waals surface area contributed by atoms with Crippen LogP contribution in [0.2, 0.25) is 0 Å². The van der Waals surface area contributed by atoms with Crippen molar-refractivity contribution in [1.29, 1.82) is 0 Å². The smallest absolute Gasteiger partial charge is 0.258 e. The number of likely N-dealkylation sites (N-methyl/N-ethyl adjacent to an activating group) is 1. The average Bonchev–Trinajstić information content (AvgIpc) is 3.49. The van der Waals surface area contributed by atoms with E-state index in [1.807, 2.05) is 58.0 Å². The highest BCUT2D eigenvalue weighted by molar-refractivity contribution is 7.89. The summed E-state index contributed by atoms with van der Waals surface area (Å²) < 4.78 is 39.9. The maximum atomic E-state index is 14.0. The van der Waals surface area contributed by atoms with Crippen LogP contribution in [0.5, 0.6) is 11.5 Å². The van der Waals surface area contributed by atoms with Gasteiger partial charge >= 0.3 is 0 Å². The van der Waals surface area contributed by atoms with Crippen molar-refractivity contribution in [3.63, 3.8) is 0 Å². The minimum atomic E-state index is -4.13. The number of nitrogens with one attached hydrogen (secondary N) is 2. The summed E-state index contributed by atoms with van der Waals surface area (Å²) in [5.41, 5.74) is 9.84. The molecule has 0 aliphatic carbocycles. The first-order chi connectivity index (χ1) is 20.8. The van der Waals surface area contributed by atoms with Crippen molar-refractivity contribution in [1.82, 2.24) is 20.1 Å². The topological polar surface area (TPSA) is 164 Å². The molecule has 2 aromatic carbocycles. The highest BCUT2D eigenvalue weighted by Gasteiger charge is 2.39. The van der Waals surface area contributed by atoms with Crippen molar-refractivity contribution in [2.45, 2.75) is 76.6 Å². The SMILES string of the molecule is CC[C@H](C)[C@H](N)C(=O)N(NC(=O)[C@@H](C)NC)C(Cc1ccccc1)[C@H](O)CN(CC(C)C)S(=O)(=O)c1ccc2c(c1)OCO2. The number of nitrogens with zero attached hydrogens (tertiary/aromatic N) is 2. The van der Waals surface area contributed by atoms with Crippen LogP contribution in [0.4, 0.5) is 0 Å². The summed E-state index contributed by atoms with van der Waals surface area (Å²) in [6.45, 7) is 8.86. The Bertz CT molecular complexity index is 1360. The van der Waals surface area contributed by atoms with Crippen molar-refractivity contribution >= 4 is 21.8 Å². The third-order valence-electron chi connectivity index (χ3n) is 7.84. The number of carbonyl (C=O) groups is 2. The van der Waals surface area contributed by atoms with E-state index in [2.05, 4.69) is 10.7 Å². The summed E-state index contributed by atoms with van der Waals surface area (Å²) in [7, 11) is -2.51. The van der Waals surface area contributed by atoms with Gasteiger partial charge in [0.25, 0.3) is 11.8 Å². The standard InChI is InChI=1S/C31H47N5O7S/c1-7-21(4)29(32)31(39)36(34-30(38)22(5)33-6)25(15-23-11-9-8-10-12-23)26(37)18-35(17-20(2)3)44(40,41)24-13-14-27-28(16-24)43-19-42-27/h8-14,16,20-22,25-26,29,33,37H,7,15,17-19,32H2,1-6H3,(H,34,38)/t21-,22+,25?,26+,29-/m0/s1. The number of hydrazine groups is 1. The van der Waals surface area contributed by atoms with Gasteiger partial charge in [-0.15, -0.1) is 0 Å². The summed E-state index contributed by atoms with van der Waals surface area (Å²) >= 11 is 0. The summed E-state index contributed by atoms with van der Waals surface area (Å²) in [6, 6.07) is 10.8. The number of benzene rings is 2. The van der Waals surface area contributed by atoms with Gasteiger partial charge in [-0.05, 0) is 49.9 Å². The lowest BCUT2D eigenvalue weighted by Crippen LogP contribution is -2.64. The Morgan fingerprint density at radius 2 is 1.68 bits per heavy atom. The van der Waals surface area contributed by atoms with E-state index in [9.17, 15) is 23.1 Å². The Morgan fingerprint density at radius 1 is 1.02 bits per heavy atom. The predicted molar refractivity (Wildman–Crippen MR) is 167 cm³/mol. The molecule has 244 valence electrons. The Morgan fingerprint density at radius 3 is 2.30 bits per heavy atom. The molecular formula is C31H47N5O7S. The van der Waals surface area contributed by atoms with Crippen molar-refractivity contribution in [2.24, 2.45) is 17.6 Å². The van der Waals surface area contributed by atoms with Crippen LogP contribution < -0.4 is 25.9 Å². The molecule has 13 heteroatoms. The molecule has 1 aliphatic rings. The fraction of sp³-hybridized carbons (Fsp3) is 0.548. The molecule has 1 aliphatic heterocycles. The molecule has 2 amide bonds. The van der Waals surface area contributed by atoms with Crippen LogP contribution >= 0.6 is 0 Å². The van der Waals surface area contributed by atoms with E-state index < -0.39 is 46.1 Å². The van der Waals surface area contributed by atoms with E-state index in [0.29, 0.717) is 17.9 Å². The third kappa shape index (κ3) is 8.69. The normalized spacial score (nSPS) is 16.3. The second kappa shape index (κ2) is 15.7. The molecular weight excluding hydrogens is 586 g/mol.